The first-order valence-electron chi connectivity index (χ1n) is 10.7. The van der Waals surface area contributed by atoms with Crippen molar-refractivity contribution in [2.75, 3.05) is 13.1 Å². The van der Waals surface area contributed by atoms with E-state index in [1.807, 2.05) is 29.4 Å². The molecular formula is C23H28FN5OS. The third-order valence-corrected chi connectivity index (χ3v) is 6.43. The Morgan fingerprint density at radius 2 is 1.84 bits per heavy atom. The van der Waals surface area contributed by atoms with Gasteiger partial charge in [-0.05, 0) is 83.1 Å². The lowest BCUT2D eigenvalue weighted by Crippen LogP contribution is -2.38. The van der Waals surface area contributed by atoms with Crippen LogP contribution in [0.25, 0.3) is 5.69 Å². The molecule has 1 saturated heterocycles. The van der Waals surface area contributed by atoms with Gasteiger partial charge in [-0.25, -0.2) is 4.39 Å². The number of rotatable bonds is 4. The summed E-state index contributed by atoms with van der Waals surface area (Å²) in [7, 11) is 0. The third kappa shape index (κ3) is 3.96. The lowest BCUT2D eigenvalue weighted by molar-refractivity contribution is 0.0709. The summed E-state index contributed by atoms with van der Waals surface area (Å²) in [4.78, 5) is 15.2. The fraction of sp³-hybridized carbons (Fsp3) is 0.435. The number of hydrogen-bond acceptors (Lipinski definition) is 3. The van der Waals surface area contributed by atoms with E-state index < -0.39 is 0 Å². The van der Waals surface area contributed by atoms with Crippen LogP contribution in [0.4, 0.5) is 4.39 Å². The molecule has 0 unspecified atom stereocenters. The van der Waals surface area contributed by atoms with Crippen LogP contribution >= 0.6 is 12.2 Å². The second-order valence-electron chi connectivity index (χ2n) is 8.51. The monoisotopic (exact) mass is 441 g/mol. The van der Waals surface area contributed by atoms with Crippen molar-refractivity contribution in [2.24, 2.45) is 0 Å². The van der Waals surface area contributed by atoms with Gasteiger partial charge in [-0.2, -0.15) is 5.10 Å². The first kappa shape index (κ1) is 21.5. The molecule has 1 aliphatic rings. The van der Waals surface area contributed by atoms with E-state index in [2.05, 4.69) is 28.6 Å². The molecule has 1 N–H and O–H groups in total. The maximum Gasteiger partial charge on any atom is 0.255 e. The van der Waals surface area contributed by atoms with Crippen LogP contribution in [0.15, 0.2) is 30.3 Å². The van der Waals surface area contributed by atoms with Gasteiger partial charge in [-0.1, -0.05) is 0 Å². The van der Waals surface area contributed by atoms with Crippen molar-refractivity contribution in [3.05, 3.63) is 63.7 Å². The van der Waals surface area contributed by atoms with E-state index in [-0.39, 0.29) is 23.7 Å². The maximum atomic E-state index is 13.3. The molecular weight excluding hydrogens is 413 g/mol. The topological polar surface area (TPSA) is 58.9 Å². The first-order valence-corrected chi connectivity index (χ1v) is 11.1. The standard InChI is InChI=1S/C23H28FN5OS/c1-14(2)28-21(25-26-23(28)31)17-9-11-27(12-10-17)22(30)20-13-15(3)29(16(20)4)19-7-5-18(24)6-8-19/h5-8,13-14,17H,9-12H2,1-4H3,(H,26,31). The Morgan fingerprint density at radius 3 is 2.45 bits per heavy atom. The lowest BCUT2D eigenvalue weighted by atomic mass is 9.95. The maximum absolute atomic E-state index is 13.3. The molecule has 1 amide bonds. The molecule has 0 saturated carbocycles. The number of piperidine rings is 1. The largest absolute Gasteiger partial charge is 0.339 e. The summed E-state index contributed by atoms with van der Waals surface area (Å²) in [6.07, 6.45) is 1.71. The molecule has 0 spiro atoms. The predicted molar refractivity (Wildman–Crippen MR) is 121 cm³/mol. The molecule has 3 heterocycles. The summed E-state index contributed by atoms with van der Waals surface area (Å²) in [6, 6.07) is 8.52. The van der Waals surface area contributed by atoms with E-state index in [0.717, 1.165) is 35.7 Å². The fourth-order valence-electron chi connectivity index (χ4n) is 4.58. The molecule has 8 heteroatoms. The summed E-state index contributed by atoms with van der Waals surface area (Å²) < 4.78 is 18.0. The normalized spacial score (nSPS) is 15.1. The third-order valence-electron chi connectivity index (χ3n) is 6.14. The summed E-state index contributed by atoms with van der Waals surface area (Å²) in [5.41, 5.74) is 3.38. The van der Waals surface area contributed by atoms with Crippen LogP contribution in [0.2, 0.25) is 0 Å². The van der Waals surface area contributed by atoms with Crippen molar-refractivity contribution in [1.82, 2.24) is 24.2 Å². The van der Waals surface area contributed by atoms with Gasteiger partial charge < -0.3 is 14.0 Å². The Balaban J connectivity index is 1.52. The molecule has 164 valence electrons. The van der Waals surface area contributed by atoms with Crippen LogP contribution in [0.3, 0.4) is 0 Å². The number of likely N-dealkylation sites (tertiary alicyclic amines) is 1. The van der Waals surface area contributed by atoms with E-state index in [1.165, 1.54) is 12.1 Å². The molecule has 1 aromatic carbocycles. The minimum atomic E-state index is -0.274. The van der Waals surface area contributed by atoms with E-state index in [4.69, 9.17) is 12.2 Å². The quantitative estimate of drug-likeness (QED) is 0.574. The highest BCUT2D eigenvalue weighted by molar-refractivity contribution is 7.71. The fourth-order valence-corrected chi connectivity index (χ4v) is 4.93. The van der Waals surface area contributed by atoms with Crippen molar-refractivity contribution in [1.29, 1.82) is 0 Å². The first-order chi connectivity index (χ1) is 14.8. The Kier molecular flexibility index (Phi) is 5.83. The van der Waals surface area contributed by atoms with Crippen molar-refractivity contribution in [2.45, 2.75) is 52.5 Å². The number of carbonyl (C=O) groups is 1. The van der Waals surface area contributed by atoms with Gasteiger partial charge in [0.15, 0.2) is 4.77 Å². The zero-order valence-electron chi connectivity index (χ0n) is 18.4. The molecule has 1 fully saturated rings. The van der Waals surface area contributed by atoms with Crippen LogP contribution < -0.4 is 0 Å². The number of halogens is 1. The number of amides is 1. The average molecular weight is 442 g/mol. The van der Waals surface area contributed by atoms with E-state index in [9.17, 15) is 9.18 Å². The molecule has 31 heavy (non-hydrogen) atoms. The highest BCUT2D eigenvalue weighted by atomic mass is 32.1. The number of H-pyrrole nitrogens is 1. The van der Waals surface area contributed by atoms with Crippen LogP contribution in [0.1, 0.15) is 66.2 Å². The Bertz CT molecular complexity index is 1150. The SMILES string of the molecule is Cc1cc(C(=O)N2CCC(c3n[nH]c(=S)n3C(C)C)CC2)c(C)n1-c1ccc(F)cc1. The van der Waals surface area contributed by atoms with Gasteiger partial charge in [-0.3, -0.25) is 9.89 Å². The molecule has 4 rings (SSSR count). The van der Waals surface area contributed by atoms with E-state index in [0.29, 0.717) is 23.4 Å². The smallest absolute Gasteiger partial charge is 0.255 e. The Hall–Kier alpha value is -2.74. The molecule has 0 atom stereocenters. The van der Waals surface area contributed by atoms with Crippen molar-refractivity contribution in [3.8, 4) is 5.69 Å². The van der Waals surface area contributed by atoms with Gasteiger partial charge in [0, 0.05) is 42.1 Å². The van der Waals surface area contributed by atoms with E-state index in [1.54, 1.807) is 12.1 Å². The zero-order chi connectivity index (χ0) is 22.3. The van der Waals surface area contributed by atoms with Gasteiger partial charge in [-0.15, -0.1) is 0 Å². The molecule has 0 radical (unpaired) electrons. The van der Waals surface area contributed by atoms with Gasteiger partial charge in [0.1, 0.15) is 11.6 Å². The number of aromatic nitrogens is 4. The number of hydrogen-bond donors (Lipinski definition) is 1. The number of benzene rings is 1. The van der Waals surface area contributed by atoms with Gasteiger partial charge in [0.2, 0.25) is 0 Å². The van der Waals surface area contributed by atoms with Crippen LogP contribution in [-0.4, -0.2) is 43.2 Å². The highest BCUT2D eigenvalue weighted by Crippen LogP contribution is 2.30. The number of aromatic amines is 1. The summed E-state index contributed by atoms with van der Waals surface area (Å²) in [6.45, 7) is 9.47. The van der Waals surface area contributed by atoms with Gasteiger partial charge in [0.05, 0.1) is 5.56 Å². The minimum Gasteiger partial charge on any atom is -0.339 e. The van der Waals surface area contributed by atoms with Crippen LogP contribution in [-0.2, 0) is 0 Å². The predicted octanol–water partition coefficient (Wildman–Crippen LogP) is 5.09. The molecule has 2 aromatic heterocycles. The van der Waals surface area contributed by atoms with Crippen molar-refractivity contribution in [3.63, 3.8) is 0 Å². The van der Waals surface area contributed by atoms with Gasteiger partial charge >= 0.3 is 0 Å². The van der Waals surface area contributed by atoms with Gasteiger partial charge in [0.25, 0.3) is 5.91 Å². The highest BCUT2D eigenvalue weighted by Gasteiger charge is 2.29. The number of carbonyl (C=O) groups excluding carboxylic acids is 1. The molecule has 6 nitrogen and oxygen atoms in total. The second-order valence-corrected chi connectivity index (χ2v) is 8.90. The Labute approximate surface area is 186 Å². The van der Waals surface area contributed by atoms with Crippen LogP contribution in [0, 0.1) is 24.4 Å². The summed E-state index contributed by atoms with van der Waals surface area (Å²) >= 11 is 5.38. The van der Waals surface area contributed by atoms with Crippen molar-refractivity contribution < 1.29 is 9.18 Å². The number of aryl methyl sites for hydroxylation is 1. The molecule has 0 bridgehead atoms. The average Bonchev–Trinajstić information content (AvgIpc) is 3.28. The zero-order valence-corrected chi connectivity index (χ0v) is 19.2. The lowest BCUT2D eigenvalue weighted by Gasteiger charge is -2.32. The summed E-state index contributed by atoms with van der Waals surface area (Å²) in [5, 5.41) is 7.39. The van der Waals surface area contributed by atoms with Crippen LogP contribution in [0.5, 0.6) is 0 Å². The molecule has 1 aliphatic heterocycles. The summed E-state index contributed by atoms with van der Waals surface area (Å²) in [5.74, 6) is 1.04. The number of nitrogens with one attached hydrogen (secondary N) is 1. The minimum absolute atomic E-state index is 0.0441. The molecule has 0 aliphatic carbocycles. The van der Waals surface area contributed by atoms with E-state index >= 15 is 0 Å². The van der Waals surface area contributed by atoms with Crippen molar-refractivity contribution >= 4 is 18.1 Å². The second kappa shape index (κ2) is 8.42. The Morgan fingerprint density at radius 1 is 1.19 bits per heavy atom. The molecule has 3 aromatic rings. The number of nitrogens with zero attached hydrogens (tertiary/aromatic N) is 4.